The minimum atomic E-state index is -0.206. The van der Waals surface area contributed by atoms with E-state index in [9.17, 15) is 4.79 Å². The molecule has 7 heteroatoms. The molecule has 1 amide bonds. The van der Waals surface area contributed by atoms with Gasteiger partial charge < -0.3 is 29.0 Å². The molecule has 3 aromatic rings. The molecule has 0 aromatic heterocycles. The van der Waals surface area contributed by atoms with Gasteiger partial charge in [-0.1, -0.05) is 24.3 Å². The van der Waals surface area contributed by atoms with Crippen LogP contribution in [0.5, 0.6) is 28.7 Å². The van der Waals surface area contributed by atoms with Gasteiger partial charge in [0.1, 0.15) is 19.0 Å². The van der Waals surface area contributed by atoms with Crippen LogP contribution in [0.3, 0.4) is 0 Å². The number of nitrogens with one attached hydrogen (secondary N) is 1. The topological polar surface area (TPSA) is 75.3 Å². The van der Waals surface area contributed by atoms with Gasteiger partial charge in [0.15, 0.2) is 23.0 Å². The van der Waals surface area contributed by atoms with Crippen LogP contribution in [0.1, 0.15) is 22.8 Å². The number of hydrogen-bond donors (Lipinski definition) is 1. The van der Waals surface area contributed by atoms with Crippen molar-refractivity contribution in [2.24, 2.45) is 0 Å². The second-order valence-corrected chi connectivity index (χ2v) is 6.97. The summed E-state index contributed by atoms with van der Waals surface area (Å²) >= 11 is 0. The van der Waals surface area contributed by atoms with Gasteiger partial charge in [-0.25, -0.2) is 0 Å². The minimum absolute atomic E-state index is 0.206. The number of para-hydroxylation sites is 1. The van der Waals surface area contributed by atoms with Crippen LogP contribution in [-0.4, -0.2) is 32.5 Å². The zero-order chi connectivity index (χ0) is 22.2. The van der Waals surface area contributed by atoms with E-state index in [2.05, 4.69) is 5.32 Å². The number of ether oxygens (including phenoxy) is 5. The Balaban J connectivity index is 1.33. The predicted molar refractivity (Wildman–Crippen MR) is 119 cm³/mol. The molecular formula is C25H25NO6. The SMILES string of the molecule is CCOc1cc(C(=O)NCc2ccc3c(c2)OCO3)ccc1OCCOc1ccccc1. The Bertz CT molecular complexity index is 1050. The molecule has 7 nitrogen and oxygen atoms in total. The Kier molecular flexibility index (Phi) is 6.97. The molecule has 0 spiro atoms. The maximum atomic E-state index is 12.7. The van der Waals surface area contributed by atoms with E-state index in [4.69, 9.17) is 23.7 Å². The number of carbonyl (C=O) groups is 1. The third-order valence-corrected chi connectivity index (χ3v) is 4.75. The van der Waals surface area contributed by atoms with Crippen molar-refractivity contribution in [3.05, 3.63) is 77.9 Å². The molecule has 3 aromatic carbocycles. The number of amides is 1. The van der Waals surface area contributed by atoms with Gasteiger partial charge in [0.05, 0.1) is 6.61 Å². The molecule has 0 fully saturated rings. The van der Waals surface area contributed by atoms with E-state index in [0.717, 1.165) is 11.3 Å². The molecule has 1 heterocycles. The van der Waals surface area contributed by atoms with Crippen molar-refractivity contribution in [2.45, 2.75) is 13.5 Å². The number of rotatable bonds is 10. The fourth-order valence-electron chi connectivity index (χ4n) is 3.20. The Morgan fingerprint density at radius 2 is 1.69 bits per heavy atom. The van der Waals surface area contributed by atoms with Gasteiger partial charge in [-0.15, -0.1) is 0 Å². The Labute approximate surface area is 186 Å². The van der Waals surface area contributed by atoms with E-state index < -0.39 is 0 Å². The molecule has 1 N–H and O–H groups in total. The summed E-state index contributed by atoms with van der Waals surface area (Å²) in [5.74, 6) is 3.07. The van der Waals surface area contributed by atoms with Gasteiger partial charge in [0.2, 0.25) is 6.79 Å². The van der Waals surface area contributed by atoms with E-state index in [1.807, 2.05) is 55.5 Å². The summed E-state index contributed by atoms with van der Waals surface area (Å²) in [4.78, 5) is 12.7. The first-order chi connectivity index (χ1) is 15.7. The molecule has 32 heavy (non-hydrogen) atoms. The highest BCUT2D eigenvalue weighted by Gasteiger charge is 2.15. The maximum absolute atomic E-state index is 12.7. The van der Waals surface area contributed by atoms with Gasteiger partial charge in [0.25, 0.3) is 5.91 Å². The van der Waals surface area contributed by atoms with Gasteiger partial charge >= 0.3 is 0 Å². The third kappa shape index (κ3) is 5.43. The fourth-order valence-corrected chi connectivity index (χ4v) is 3.20. The molecule has 166 valence electrons. The highest BCUT2D eigenvalue weighted by molar-refractivity contribution is 5.94. The lowest BCUT2D eigenvalue weighted by atomic mass is 10.1. The van der Waals surface area contributed by atoms with Crippen molar-refractivity contribution < 1.29 is 28.5 Å². The summed E-state index contributed by atoms with van der Waals surface area (Å²) in [6.07, 6.45) is 0. The molecule has 0 aliphatic carbocycles. The Hall–Kier alpha value is -3.87. The predicted octanol–water partition coefficient (Wildman–Crippen LogP) is 4.20. The molecule has 0 radical (unpaired) electrons. The second-order valence-electron chi connectivity index (χ2n) is 6.97. The van der Waals surface area contributed by atoms with E-state index in [1.54, 1.807) is 18.2 Å². The Morgan fingerprint density at radius 3 is 2.53 bits per heavy atom. The lowest BCUT2D eigenvalue weighted by Crippen LogP contribution is -2.22. The Morgan fingerprint density at radius 1 is 0.875 bits per heavy atom. The summed E-state index contributed by atoms with van der Waals surface area (Å²) in [6, 6.07) is 20.3. The lowest BCUT2D eigenvalue weighted by molar-refractivity contribution is 0.0950. The summed E-state index contributed by atoms with van der Waals surface area (Å²) in [5, 5.41) is 2.91. The van der Waals surface area contributed by atoms with Gasteiger partial charge in [-0.05, 0) is 55.0 Å². The van der Waals surface area contributed by atoms with Crippen LogP contribution in [0.4, 0.5) is 0 Å². The molecule has 0 atom stereocenters. The first-order valence-corrected chi connectivity index (χ1v) is 10.5. The quantitative estimate of drug-likeness (QED) is 0.481. The van der Waals surface area contributed by atoms with Crippen LogP contribution in [0.25, 0.3) is 0 Å². The van der Waals surface area contributed by atoms with Crippen molar-refractivity contribution in [3.63, 3.8) is 0 Å². The summed E-state index contributed by atoms with van der Waals surface area (Å²) in [7, 11) is 0. The maximum Gasteiger partial charge on any atom is 0.251 e. The van der Waals surface area contributed by atoms with Crippen LogP contribution >= 0.6 is 0 Å². The third-order valence-electron chi connectivity index (χ3n) is 4.75. The molecule has 0 unspecified atom stereocenters. The summed E-state index contributed by atoms with van der Waals surface area (Å²) in [6.45, 7) is 3.68. The number of benzene rings is 3. The van der Waals surface area contributed by atoms with Crippen molar-refractivity contribution in [3.8, 4) is 28.7 Å². The monoisotopic (exact) mass is 435 g/mol. The van der Waals surface area contributed by atoms with Gasteiger partial charge in [-0.2, -0.15) is 0 Å². The van der Waals surface area contributed by atoms with Gasteiger partial charge in [-0.3, -0.25) is 4.79 Å². The van der Waals surface area contributed by atoms with Crippen LogP contribution in [-0.2, 0) is 6.54 Å². The molecule has 0 saturated carbocycles. The van der Waals surface area contributed by atoms with E-state index in [0.29, 0.717) is 54.9 Å². The van der Waals surface area contributed by atoms with Crippen molar-refractivity contribution >= 4 is 5.91 Å². The average Bonchev–Trinajstić information content (AvgIpc) is 3.30. The zero-order valence-electron chi connectivity index (χ0n) is 17.8. The first kappa shape index (κ1) is 21.4. The number of carbonyl (C=O) groups excluding carboxylic acids is 1. The number of fused-ring (bicyclic) bond motifs is 1. The normalized spacial score (nSPS) is 11.7. The smallest absolute Gasteiger partial charge is 0.251 e. The second kappa shape index (κ2) is 10.4. The standard InChI is InChI=1S/C25H25NO6/c1-2-28-24-15-19(9-11-21(24)30-13-12-29-20-6-4-3-5-7-20)25(27)26-16-18-8-10-22-23(14-18)32-17-31-22/h3-11,14-15H,2,12-13,16-17H2,1H3,(H,26,27). The van der Waals surface area contributed by atoms with Crippen LogP contribution in [0.15, 0.2) is 66.7 Å². The minimum Gasteiger partial charge on any atom is -0.490 e. The van der Waals surface area contributed by atoms with Crippen molar-refractivity contribution in [1.29, 1.82) is 0 Å². The summed E-state index contributed by atoms with van der Waals surface area (Å²) in [5.41, 5.74) is 1.41. The molecule has 1 aliphatic rings. The highest BCUT2D eigenvalue weighted by Crippen LogP contribution is 2.32. The zero-order valence-corrected chi connectivity index (χ0v) is 17.8. The molecule has 4 rings (SSSR count). The molecule has 0 saturated heterocycles. The van der Waals surface area contributed by atoms with E-state index in [-0.39, 0.29) is 12.7 Å². The van der Waals surface area contributed by atoms with E-state index in [1.165, 1.54) is 0 Å². The van der Waals surface area contributed by atoms with Gasteiger partial charge in [0, 0.05) is 12.1 Å². The van der Waals surface area contributed by atoms with Crippen molar-refractivity contribution in [1.82, 2.24) is 5.32 Å². The molecular weight excluding hydrogens is 410 g/mol. The lowest BCUT2D eigenvalue weighted by Gasteiger charge is -2.14. The van der Waals surface area contributed by atoms with E-state index >= 15 is 0 Å². The van der Waals surface area contributed by atoms with Crippen LogP contribution < -0.4 is 29.0 Å². The largest absolute Gasteiger partial charge is 0.490 e. The molecule has 1 aliphatic heterocycles. The highest BCUT2D eigenvalue weighted by atomic mass is 16.7. The first-order valence-electron chi connectivity index (χ1n) is 10.5. The summed E-state index contributed by atoms with van der Waals surface area (Å²) < 4.78 is 27.8. The van der Waals surface area contributed by atoms with Crippen LogP contribution in [0.2, 0.25) is 0 Å². The van der Waals surface area contributed by atoms with Crippen molar-refractivity contribution in [2.75, 3.05) is 26.6 Å². The number of hydrogen-bond acceptors (Lipinski definition) is 6. The molecule has 0 bridgehead atoms. The van der Waals surface area contributed by atoms with Crippen LogP contribution in [0, 0.1) is 0 Å². The fraction of sp³-hybridized carbons (Fsp3) is 0.240. The average molecular weight is 435 g/mol.